The monoisotopic (exact) mass is 379 g/mol. The number of hydrogen-bond donors (Lipinski definition) is 1. The number of nitrogens with two attached hydrogens (primary N) is 1. The number of fused-ring (bicyclic) bond motifs is 2. The SMILES string of the molecule is CCCCCCCCc1cc2cccc3c4cccc5ccc(N)c(c(c1)c23)c54. The smallest absolute Gasteiger partial charge is 0.0400 e. The van der Waals surface area contributed by atoms with Crippen molar-refractivity contribution < 1.29 is 0 Å². The second kappa shape index (κ2) is 7.55. The molecule has 2 N–H and O–H groups in total. The molecule has 0 aliphatic carbocycles. The van der Waals surface area contributed by atoms with Crippen LogP contribution in [0.5, 0.6) is 0 Å². The van der Waals surface area contributed by atoms with Crippen molar-refractivity contribution in [3.63, 3.8) is 0 Å². The van der Waals surface area contributed by atoms with Crippen LogP contribution in [0.3, 0.4) is 0 Å². The first kappa shape index (κ1) is 18.2. The van der Waals surface area contributed by atoms with Crippen molar-refractivity contribution in [1.82, 2.24) is 0 Å². The molecule has 0 amide bonds. The van der Waals surface area contributed by atoms with E-state index in [1.54, 1.807) is 0 Å². The summed E-state index contributed by atoms with van der Waals surface area (Å²) in [5.74, 6) is 0. The van der Waals surface area contributed by atoms with Gasteiger partial charge in [-0.25, -0.2) is 0 Å². The second-order valence-electron chi connectivity index (χ2n) is 8.50. The van der Waals surface area contributed by atoms with Gasteiger partial charge in [0.05, 0.1) is 0 Å². The van der Waals surface area contributed by atoms with Crippen LogP contribution in [0.1, 0.15) is 51.0 Å². The first-order valence-corrected chi connectivity index (χ1v) is 11.2. The lowest BCUT2D eigenvalue weighted by molar-refractivity contribution is 0.608. The third-order valence-corrected chi connectivity index (χ3v) is 6.49. The Morgan fingerprint density at radius 2 is 1.34 bits per heavy atom. The summed E-state index contributed by atoms with van der Waals surface area (Å²) in [6.45, 7) is 2.28. The molecule has 5 rings (SSSR count). The Kier molecular flexibility index (Phi) is 4.75. The van der Waals surface area contributed by atoms with Crippen molar-refractivity contribution in [2.24, 2.45) is 0 Å². The normalized spacial score (nSPS) is 12.0. The van der Waals surface area contributed by atoms with Crippen LogP contribution in [-0.2, 0) is 6.42 Å². The quantitative estimate of drug-likeness (QED) is 0.131. The van der Waals surface area contributed by atoms with Crippen LogP contribution in [0.4, 0.5) is 5.69 Å². The van der Waals surface area contributed by atoms with Crippen LogP contribution in [0, 0.1) is 0 Å². The van der Waals surface area contributed by atoms with Gasteiger partial charge < -0.3 is 5.73 Å². The molecule has 1 nitrogen and oxygen atoms in total. The van der Waals surface area contributed by atoms with E-state index in [-0.39, 0.29) is 0 Å². The first-order valence-electron chi connectivity index (χ1n) is 11.2. The van der Waals surface area contributed by atoms with Crippen molar-refractivity contribution in [3.8, 4) is 0 Å². The third-order valence-electron chi connectivity index (χ3n) is 6.49. The molecular formula is C28H29N. The van der Waals surface area contributed by atoms with Gasteiger partial charge in [0.2, 0.25) is 0 Å². The maximum absolute atomic E-state index is 6.55. The zero-order valence-electron chi connectivity index (χ0n) is 17.3. The van der Waals surface area contributed by atoms with Gasteiger partial charge in [-0.05, 0) is 62.2 Å². The second-order valence-corrected chi connectivity index (χ2v) is 8.50. The van der Waals surface area contributed by atoms with Gasteiger partial charge in [-0.3, -0.25) is 0 Å². The lowest BCUT2D eigenvalue weighted by atomic mass is 9.87. The summed E-state index contributed by atoms with van der Waals surface area (Å²) >= 11 is 0. The number of benzene rings is 5. The number of rotatable bonds is 7. The summed E-state index contributed by atoms with van der Waals surface area (Å²) < 4.78 is 0. The van der Waals surface area contributed by atoms with Gasteiger partial charge in [-0.1, -0.05) is 93.6 Å². The molecule has 0 aliphatic heterocycles. The zero-order valence-corrected chi connectivity index (χ0v) is 17.3. The molecular weight excluding hydrogens is 350 g/mol. The number of hydrogen-bond acceptors (Lipinski definition) is 1. The minimum Gasteiger partial charge on any atom is -0.398 e. The first-order chi connectivity index (χ1) is 14.3. The molecule has 1 heteroatoms. The van der Waals surface area contributed by atoms with Crippen LogP contribution in [0.2, 0.25) is 0 Å². The van der Waals surface area contributed by atoms with Gasteiger partial charge in [-0.2, -0.15) is 0 Å². The Labute approximate surface area is 172 Å². The number of aryl methyl sites for hydroxylation is 1. The van der Waals surface area contributed by atoms with E-state index < -0.39 is 0 Å². The molecule has 0 spiro atoms. The maximum atomic E-state index is 6.55. The number of unbranched alkanes of at least 4 members (excludes halogenated alkanes) is 5. The van der Waals surface area contributed by atoms with Crippen LogP contribution in [0.25, 0.3) is 43.1 Å². The summed E-state index contributed by atoms with van der Waals surface area (Å²) in [7, 11) is 0. The summed E-state index contributed by atoms with van der Waals surface area (Å²) in [5, 5.41) is 10.5. The highest BCUT2D eigenvalue weighted by atomic mass is 14.6. The minimum atomic E-state index is 0.887. The predicted molar refractivity (Wildman–Crippen MR) is 129 cm³/mol. The highest BCUT2D eigenvalue weighted by molar-refractivity contribution is 6.35. The van der Waals surface area contributed by atoms with E-state index in [0.717, 1.165) is 12.1 Å². The molecule has 0 atom stereocenters. The third kappa shape index (κ3) is 3.09. The summed E-state index contributed by atoms with van der Waals surface area (Å²) in [5.41, 5.74) is 8.88. The summed E-state index contributed by atoms with van der Waals surface area (Å²) in [6, 6.07) is 22.4. The van der Waals surface area contributed by atoms with E-state index in [2.05, 4.69) is 67.6 Å². The van der Waals surface area contributed by atoms with Gasteiger partial charge in [0.1, 0.15) is 0 Å². The summed E-state index contributed by atoms with van der Waals surface area (Å²) in [4.78, 5) is 0. The summed E-state index contributed by atoms with van der Waals surface area (Å²) in [6.07, 6.45) is 9.15. The average Bonchev–Trinajstić information content (AvgIpc) is 2.75. The van der Waals surface area contributed by atoms with E-state index in [1.807, 2.05) is 0 Å². The van der Waals surface area contributed by atoms with Gasteiger partial charge in [0.25, 0.3) is 0 Å². The fourth-order valence-electron chi connectivity index (χ4n) is 5.08. The van der Waals surface area contributed by atoms with Crippen molar-refractivity contribution in [2.75, 3.05) is 5.73 Å². The highest BCUT2D eigenvalue weighted by Crippen LogP contribution is 2.42. The average molecular weight is 380 g/mol. The Morgan fingerprint density at radius 1 is 0.621 bits per heavy atom. The van der Waals surface area contributed by atoms with E-state index >= 15 is 0 Å². The standard InChI is InChI=1S/C28H29N/c1-2-3-4-5-6-7-10-19-17-21-12-9-13-22-23-14-8-11-20-15-16-25(29)28(27(20)23)24(18-19)26(21)22/h8-9,11-18H,2-7,10,29H2,1H3. The van der Waals surface area contributed by atoms with Gasteiger partial charge in [-0.15, -0.1) is 0 Å². The maximum Gasteiger partial charge on any atom is 0.0400 e. The number of anilines is 1. The Hall–Kier alpha value is -2.80. The lowest BCUT2D eigenvalue weighted by Crippen LogP contribution is -1.94. The van der Waals surface area contributed by atoms with Crippen LogP contribution < -0.4 is 5.73 Å². The molecule has 0 radical (unpaired) electrons. The van der Waals surface area contributed by atoms with Crippen LogP contribution >= 0.6 is 0 Å². The Bertz CT molecular complexity index is 1300. The molecule has 29 heavy (non-hydrogen) atoms. The van der Waals surface area contributed by atoms with Gasteiger partial charge in [0.15, 0.2) is 0 Å². The van der Waals surface area contributed by atoms with Crippen molar-refractivity contribution in [2.45, 2.75) is 51.9 Å². The van der Waals surface area contributed by atoms with Crippen molar-refractivity contribution in [1.29, 1.82) is 0 Å². The Morgan fingerprint density at radius 3 is 2.17 bits per heavy atom. The molecule has 0 aromatic heterocycles. The largest absolute Gasteiger partial charge is 0.398 e. The fraction of sp³-hybridized carbons (Fsp3) is 0.286. The van der Waals surface area contributed by atoms with E-state index in [9.17, 15) is 0 Å². The van der Waals surface area contributed by atoms with Gasteiger partial charge >= 0.3 is 0 Å². The number of nitrogen functional groups attached to an aromatic ring is 1. The molecule has 0 heterocycles. The van der Waals surface area contributed by atoms with E-state index in [1.165, 1.54) is 87.2 Å². The van der Waals surface area contributed by atoms with E-state index in [0.29, 0.717) is 0 Å². The molecule has 0 unspecified atom stereocenters. The molecule has 5 aromatic rings. The predicted octanol–water partition coefficient (Wildman–Crippen LogP) is 8.22. The molecule has 0 aliphatic rings. The van der Waals surface area contributed by atoms with Gasteiger partial charge in [0, 0.05) is 11.1 Å². The van der Waals surface area contributed by atoms with Crippen molar-refractivity contribution >= 4 is 48.8 Å². The Balaban J connectivity index is 1.67. The van der Waals surface area contributed by atoms with Crippen LogP contribution in [0.15, 0.2) is 60.7 Å². The van der Waals surface area contributed by atoms with Crippen molar-refractivity contribution in [3.05, 3.63) is 66.2 Å². The fourth-order valence-corrected chi connectivity index (χ4v) is 5.08. The highest BCUT2D eigenvalue weighted by Gasteiger charge is 2.15. The van der Waals surface area contributed by atoms with Crippen LogP contribution in [-0.4, -0.2) is 0 Å². The molecule has 5 aromatic carbocycles. The molecule has 0 saturated carbocycles. The molecule has 0 bridgehead atoms. The van der Waals surface area contributed by atoms with E-state index in [4.69, 9.17) is 5.73 Å². The topological polar surface area (TPSA) is 26.0 Å². The zero-order chi connectivity index (χ0) is 19.8. The molecule has 0 fully saturated rings. The minimum absolute atomic E-state index is 0.887. The molecule has 146 valence electrons. The lowest BCUT2D eigenvalue weighted by Gasteiger charge is -2.17. The molecule has 0 saturated heterocycles.